The monoisotopic (exact) mass is 224 g/mol. The van der Waals surface area contributed by atoms with Crippen LogP contribution in [0.15, 0.2) is 0 Å². The Morgan fingerprint density at radius 2 is 1.94 bits per heavy atom. The van der Waals surface area contributed by atoms with Gasteiger partial charge in [-0.2, -0.15) is 0 Å². The second-order valence-electron chi connectivity index (χ2n) is 6.27. The molecule has 0 bridgehead atoms. The molecule has 0 aliphatic carbocycles. The van der Waals surface area contributed by atoms with Gasteiger partial charge in [-0.05, 0) is 38.1 Å². The molecule has 94 valence electrons. The zero-order chi connectivity index (χ0) is 11.8. The van der Waals surface area contributed by atoms with Crippen LogP contribution in [-0.2, 0) is 0 Å². The molecular formula is C14H28N2. The smallest absolute Gasteiger partial charge is 0.0197 e. The van der Waals surface area contributed by atoms with E-state index in [2.05, 4.69) is 37.9 Å². The molecule has 0 aromatic heterocycles. The quantitative estimate of drug-likeness (QED) is 0.788. The van der Waals surface area contributed by atoms with Gasteiger partial charge in [0.1, 0.15) is 0 Å². The minimum absolute atomic E-state index is 0.413. The Morgan fingerprint density at radius 3 is 2.50 bits per heavy atom. The first kappa shape index (κ1) is 12.4. The van der Waals surface area contributed by atoms with Crippen molar-refractivity contribution in [1.29, 1.82) is 0 Å². The van der Waals surface area contributed by atoms with Crippen LogP contribution in [0, 0.1) is 17.8 Å². The van der Waals surface area contributed by atoms with E-state index in [4.69, 9.17) is 0 Å². The van der Waals surface area contributed by atoms with E-state index in [1.807, 2.05) is 0 Å². The Hall–Kier alpha value is -0.0800. The molecule has 1 N–H and O–H groups in total. The van der Waals surface area contributed by atoms with Crippen LogP contribution in [0.3, 0.4) is 0 Å². The third-order valence-electron chi connectivity index (χ3n) is 5.15. The molecule has 2 saturated heterocycles. The molecule has 2 rings (SSSR count). The fourth-order valence-corrected chi connectivity index (χ4v) is 3.67. The molecule has 0 saturated carbocycles. The largest absolute Gasteiger partial charge is 0.316 e. The highest BCUT2D eigenvalue weighted by atomic mass is 15.2. The standard InChI is InChI=1S/C14H28N2/c1-5-11(6-2)9-16-10-12-7-15-8-13(12)14(16,3)4/h11-13,15H,5-10H2,1-4H3. The number of nitrogens with zero attached hydrogens (tertiary/aromatic N) is 1. The lowest BCUT2D eigenvalue weighted by molar-refractivity contribution is 0.116. The van der Waals surface area contributed by atoms with E-state index in [0.717, 1.165) is 17.8 Å². The van der Waals surface area contributed by atoms with Gasteiger partial charge in [-0.1, -0.05) is 26.7 Å². The van der Waals surface area contributed by atoms with E-state index < -0.39 is 0 Å². The van der Waals surface area contributed by atoms with Crippen molar-refractivity contribution in [3.05, 3.63) is 0 Å². The molecule has 0 spiro atoms. The van der Waals surface area contributed by atoms with E-state index in [1.54, 1.807) is 0 Å². The Labute approximate surface area is 101 Å². The van der Waals surface area contributed by atoms with Crippen LogP contribution < -0.4 is 5.32 Å². The molecule has 2 heterocycles. The SMILES string of the molecule is CCC(CC)CN1CC2CNCC2C1(C)C. The topological polar surface area (TPSA) is 15.3 Å². The molecule has 2 aliphatic heterocycles. The molecule has 0 aromatic carbocycles. The number of nitrogens with one attached hydrogen (secondary N) is 1. The maximum Gasteiger partial charge on any atom is 0.0197 e. The first-order valence-electron chi connectivity index (χ1n) is 7.05. The summed E-state index contributed by atoms with van der Waals surface area (Å²) < 4.78 is 0. The summed E-state index contributed by atoms with van der Waals surface area (Å²) in [5.41, 5.74) is 0.413. The number of hydrogen-bond acceptors (Lipinski definition) is 2. The second kappa shape index (κ2) is 4.66. The Bertz CT molecular complexity index is 233. The van der Waals surface area contributed by atoms with Crippen LogP contribution in [0.25, 0.3) is 0 Å². The summed E-state index contributed by atoms with van der Waals surface area (Å²) in [5, 5.41) is 3.56. The van der Waals surface area contributed by atoms with Gasteiger partial charge in [0.15, 0.2) is 0 Å². The van der Waals surface area contributed by atoms with Gasteiger partial charge in [-0.25, -0.2) is 0 Å². The number of rotatable bonds is 4. The van der Waals surface area contributed by atoms with Crippen molar-refractivity contribution in [3.63, 3.8) is 0 Å². The molecule has 2 fully saturated rings. The molecule has 0 aromatic rings. The van der Waals surface area contributed by atoms with Gasteiger partial charge in [-0.3, -0.25) is 4.90 Å². The number of likely N-dealkylation sites (tertiary alicyclic amines) is 1. The second-order valence-corrected chi connectivity index (χ2v) is 6.27. The normalized spacial score (nSPS) is 33.6. The third-order valence-corrected chi connectivity index (χ3v) is 5.15. The predicted octanol–water partition coefficient (Wildman–Crippen LogP) is 2.35. The highest BCUT2D eigenvalue weighted by Gasteiger charge is 2.49. The Morgan fingerprint density at radius 1 is 1.25 bits per heavy atom. The molecule has 2 unspecified atom stereocenters. The van der Waals surface area contributed by atoms with Crippen LogP contribution >= 0.6 is 0 Å². The van der Waals surface area contributed by atoms with Crippen LogP contribution in [0.4, 0.5) is 0 Å². The summed E-state index contributed by atoms with van der Waals surface area (Å²) in [5.74, 6) is 2.68. The first-order valence-corrected chi connectivity index (χ1v) is 7.05. The van der Waals surface area contributed by atoms with E-state index in [-0.39, 0.29) is 0 Å². The Kier molecular flexibility index (Phi) is 3.60. The molecular weight excluding hydrogens is 196 g/mol. The zero-order valence-corrected chi connectivity index (χ0v) is 11.4. The minimum Gasteiger partial charge on any atom is -0.316 e. The van der Waals surface area contributed by atoms with Crippen molar-refractivity contribution in [3.8, 4) is 0 Å². The van der Waals surface area contributed by atoms with Crippen molar-refractivity contribution in [2.75, 3.05) is 26.2 Å². The van der Waals surface area contributed by atoms with Crippen molar-refractivity contribution in [2.45, 2.75) is 46.1 Å². The van der Waals surface area contributed by atoms with E-state index in [9.17, 15) is 0 Å². The maximum absolute atomic E-state index is 3.56. The van der Waals surface area contributed by atoms with Gasteiger partial charge in [0.25, 0.3) is 0 Å². The molecule has 2 nitrogen and oxygen atoms in total. The maximum atomic E-state index is 3.56. The van der Waals surface area contributed by atoms with E-state index in [0.29, 0.717) is 5.54 Å². The number of fused-ring (bicyclic) bond motifs is 1. The summed E-state index contributed by atoms with van der Waals surface area (Å²) in [6, 6.07) is 0. The molecule has 0 radical (unpaired) electrons. The Balaban J connectivity index is 2.01. The third kappa shape index (κ3) is 2.02. The van der Waals surface area contributed by atoms with Crippen LogP contribution in [0.2, 0.25) is 0 Å². The fourth-order valence-electron chi connectivity index (χ4n) is 3.67. The van der Waals surface area contributed by atoms with Gasteiger partial charge in [0.05, 0.1) is 0 Å². The van der Waals surface area contributed by atoms with Crippen LogP contribution in [0.5, 0.6) is 0 Å². The van der Waals surface area contributed by atoms with Gasteiger partial charge in [-0.15, -0.1) is 0 Å². The summed E-state index contributed by atoms with van der Waals surface area (Å²) >= 11 is 0. The average molecular weight is 224 g/mol. The molecule has 0 amide bonds. The summed E-state index contributed by atoms with van der Waals surface area (Å²) in [6.45, 7) is 14.7. The average Bonchev–Trinajstić information content (AvgIpc) is 2.79. The van der Waals surface area contributed by atoms with Crippen LogP contribution in [-0.4, -0.2) is 36.6 Å². The van der Waals surface area contributed by atoms with Gasteiger partial charge in [0.2, 0.25) is 0 Å². The first-order chi connectivity index (χ1) is 7.59. The van der Waals surface area contributed by atoms with Gasteiger partial charge >= 0.3 is 0 Å². The lowest BCUT2D eigenvalue weighted by Gasteiger charge is -2.37. The summed E-state index contributed by atoms with van der Waals surface area (Å²) in [7, 11) is 0. The molecule has 2 atom stereocenters. The van der Waals surface area contributed by atoms with E-state index >= 15 is 0 Å². The van der Waals surface area contributed by atoms with Gasteiger partial charge < -0.3 is 5.32 Å². The van der Waals surface area contributed by atoms with E-state index in [1.165, 1.54) is 39.0 Å². The number of hydrogen-bond donors (Lipinski definition) is 1. The zero-order valence-electron chi connectivity index (χ0n) is 11.4. The van der Waals surface area contributed by atoms with Crippen molar-refractivity contribution >= 4 is 0 Å². The van der Waals surface area contributed by atoms with Crippen molar-refractivity contribution < 1.29 is 0 Å². The van der Waals surface area contributed by atoms with Crippen LogP contribution in [0.1, 0.15) is 40.5 Å². The highest BCUT2D eigenvalue weighted by molar-refractivity contribution is 5.04. The lowest BCUT2D eigenvalue weighted by Crippen LogP contribution is -2.46. The predicted molar refractivity (Wildman–Crippen MR) is 69.6 cm³/mol. The molecule has 2 aliphatic rings. The summed E-state index contributed by atoms with van der Waals surface area (Å²) in [4.78, 5) is 2.76. The molecule has 2 heteroatoms. The van der Waals surface area contributed by atoms with Crippen molar-refractivity contribution in [1.82, 2.24) is 10.2 Å². The highest BCUT2D eigenvalue weighted by Crippen LogP contribution is 2.41. The van der Waals surface area contributed by atoms with Gasteiger partial charge in [0, 0.05) is 25.2 Å². The fraction of sp³-hybridized carbons (Fsp3) is 1.00. The molecule has 16 heavy (non-hydrogen) atoms. The minimum atomic E-state index is 0.413. The summed E-state index contributed by atoms with van der Waals surface area (Å²) in [6.07, 6.45) is 2.66. The van der Waals surface area contributed by atoms with Crippen molar-refractivity contribution in [2.24, 2.45) is 17.8 Å². The lowest BCUT2D eigenvalue weighted by atomic mass is 9.84.